The molecule has 0 radical (unpaired) electrons. The van der Waals surface area contributed by atoms with Crippen LogP contribution in [0.25, 0.3) is 0 Å². The van der Waals surface area contributed by atoms with Crippen molar-refractivity contribution in [2.75, 3.05) is 33.4 Å². The van der Waals surface area contributed by atoms with Crippen molar-refractivity contribution in [2.45, 2.75) is 31.1 Å². The highest BCUT2D eigenvalue weighted by Crippen LogP contribution is 2.23. The Bertz CT molecular complexity index is 519. The van der Waals surface area contributed by atoms with E-state index in [-0.39, 0.29) is 5.41 Å². The number of ether oxygens (including phenoxy) is 1. The minimum Gasteiger partial charge on any atom is -0.383 e. The summed E-state index contributed by atoms with van der Waals surface area (Å²) < 4.78 is 31.7. The van der Waals surface area contributed by atoms with Crippen molar-refractivity contribution in [3.05, 3.63) is 29.8 Å². The highest BCUT2D eigenvalue weighted by molar-refractivity contribution is 7.89. The van der Waals surface area contributed by atoms with Crippen LogP contribution in [0, 0.1) is 0 Å². The molecule has 0 aliphatic heterocycles. The van der Waals surface area contributed by atoms with E-state index in [2.05, 4.69) is 30.8 Å². The van der Waals surface area contributed by atoms with E-state index in [9.17, 15) is 8.42 Å². The Balaban J connectivity index is 2.54. The van der Waals surface area contributed by atoms with Gasteiger partial charge in [-0.25, -0.2) is 13.1 Å². The second kappa shape index (κ2) is 7.89. The van der Waals surface area contributed by atoms with E-state index in [1.165, 1.54) is 0 Å². The molecule has 120 valence electrons. The van der Waals surface area contributed by atoms with Crippen molar-refractivity contribution < 1.29 is 13.2 Å². The molecule has 0 heterocycles. The summed E-state index contributed by atoms with van der Waals surface area (Å²) in [5.74, 6) is 0. The summed E-state index contributed by atoms with van der Waals surface area (Å²) in [6.07, 6.45) is 0. The maximum Gasteiger partial charge on any atom is 0.240 e. The SMILES string of the molecule is COCCNCCNS(=O)(=O)c1ccc(C(C)(C)C)cc1. The minimum absolute atomic E-state index is 0.0149. The standard InChI is InChI=1S/C15H26N2O3S/c1-15(2,3)13-5-7-14(8-6-13)21(18,19)17-10-9-16-11-12-20-4/h5-8,16-17H,9-12H2,1-4H3. The Labute approximate surface area is 128 Å². The third-order valence-electron chi connectivity index (χ3n) is 3.11. The van der Waals surface area contributed by atoms with E-state index in [0.29, 0.717) is 31.1 Å². The molecule has 0 atom stereocenters. The summed E-state index contributed by atoms with van der Waals surface area (Å²) in [5.41, 5.74) is 1.13. The summed E-state index contributed by atoms with van der Waals surface area (Å²) in [4.78, 5) is 0.299. The zero-order valence-corrected chi connectivity index (χ0v) is 14.1. The largest absolute Gasteiger partial charge is 0.383 e. The minimum atomic E-state index is -3.44. The second-order valence-electron chi connectivity index (χ2n) is 5.91. The number of benzene rings is 1. The van der Waals surface area contributed by atoms with Crippen molar-refractivity contribution in [1.29, 1.82) is 0 Å². The number of methoxy groups -OCH3 is 1. The van der Waals surface area contributed by atoms with E-state index in [4.69, 9.17) is 4.74 Å². The number of hydrogen-bond acceptors (Lipinski definition) is 4. The number of hydrogen-bond donors (Lipinski definition) is 2. The molecule has 1 rings (SSSR count). The van der Waals surface area contributed by atoms with Crippen molar-refractivity contribution in [3.8, 4) is 0 Å². The molecule has 0 amide bonds. The number of nitrogens with one attached hydrogen (secondary N) is 2. The molecule has 21 heavy (non-hydrogen) atoms. The maximum atomic E-state index is 12.1. The Morgan fingerprint density at radius 3 is 2.19 bits per heavy atom. The molecular weight excluding hydrogens is 288 g/mol. The van der Waals surface area contributed by atoms with E-state index >= 15 is 0 Å². The van der Waals surface area contributed by atoms with Gasteiger partial charge in [-0.3, -0.25) is 0 Å². The summed E-state index contributed by atoms with van der Waals surface area (Å²) in [7, 11) is -1.81. The second-order valence-corrected chi connectivity index (χ2v) is 7.68. The Hall–Kier alpha value is -0.950. The molecule has 0 aliphatic rings. The molecule has 0 bridgehead atoms. The van der Waals surface area contributed by atoms with Crippen LogP contribution in [0.15, 0.2) is 29.2 Å². The van der Waals surface area contributed by atoms with Gasteiger partial charge >= 0.3 is 0 Å². The molecule has 0 aromatic heterocycles. The van der Waals surface area contributed by atoms with Crippen LogP contribution in [-0.4, -0.2) is 41.8 Å². The Morgan fingerprint density at radius 2 is 1.67 bits per heavy atom. The highest BCUT2D eigenvalue weighted by atomic mass is 32.2. The van der Waals surface area contributed by atoms with Crippen molar-refractivity contribution in [3.63, 3.8) is 0 Å². The third kappa shape index (κ3) is 6.13. The van der Waals surface area contributed by atoms with Gasteiger partial charge < -0.3 is 10.1 Å². The molecule has 0 spiro atoms. The monoisotopic (exact) mass is 314 g/mol. The molecule has 2 N–H and O–H groups in total. The zero-order valence-electron chi connectivity index (χ0n) is 13.3. The molecule has 0 fully saturated rings. The van der Waals surface area contributed by atoms with E-state index < -0.39 is 10.0 Å². The lowest BCUT2D eigenvalue weighted by atomic mass is 9.87. The first kappa shape index (κ1) is 18.1. The van der Waals surface area contributed by atoms with Gasteiger partial charge in [-0.2, -0.15) is 0 Å². The highest BCUT2D eigenvalue weighted by Gasteiger charge is 2.17. The van der Waals surface area contributed by atoms with E-state index in [0.717, 1.165) is 5.56 Å². The summed E-state index contributed by atoms with van der Waals surface area (Å²) in [5, 5.41) is 3.09. The first-order valence-corrected chi connectivity index (χ1v) is 8.55. The normalized spacial score (nSPS) is 12.6. The van der Waals surface area contributed by atoms with Gasteiger partial charge in [0.25, 0.3) is 0 Å². The van der Waals surface area contributed by atoms with Crippen LogP contribution in [-0.2, 0) is 20.2 Å². The zero-order chi connectivity index (χ0) is 15.9. The van der Waals surface area contributed by atoms with Gasteiger partial charge in [-0.05, 0) is 23.1 Å². The molecule has 0 aliphatic carbocycles. The predicted octanol–water partition coefficient (Wildman–Crippen LogP) is 1.50. The fraction of sp³-hybridized carbons (Fsp3) is 0.600. The van der Waals surface area contributed by atoms with Crippen LogP contribution in [0.4, 0.5) is 0 Å². The van der Waals surface area contributed by atoms with Gasteiger partial charge in [-0.15, -0.1) is 0 Å². The predicted molar refractivity (Wildman–Crippen MR) is 85.1 cm³/mol. The molecule has 5 nitrogen and oxygen atoms in total. The molecule has 1 aromatic rings. The van der Waals surface area contributed by atoms with Crippen molar-refractivity contribution >= 4 is 10.0 Å². The average Bonchev–Trinajstić information content (AvgIpc) is 2.42. The van der Waals surface area contributed by atoms with Crippen LogP contribution in [0.1, 0.15) is 26.3 Å². The van der Waals surface area contributed by atoms with Gasteiger partial charge in [0.1, 0.15) is 0 Å². The van der Waals surface area contributed by atoms with Gasteiger partial charge in [0.05, 0.1) is 11.5 Å². The quantitative estimate of drug-likeness (QED) is 0.714. The lowest BCUT2D eigenvalue weighted by Gasteiger charge is -2.19. The fourth-order valence-electron chi connectivity index (χ4n) is 1.79. The summed E-state index contributed by atoms with van der Waals surface area (Å²) >= 11 is 0. The lowest BCUT2D eigenvalue weighted by Crippen LogP contribution is -2.33. The van der Waals surface area contributed by atoms with Crippen LogP contribution < -0.4 is 10.0 Å². The molecule has 6 heteroatoms. The van der Waals surface area contributed by atoms with Crippen LogP contribution >= 0.6 is 0 Å². The van der Waals surface area contributed by atoms with E-state index in [1.54, 1.807) is 19.2 Å². The average molecular weight is 314 g/mol. The molecule has 0 saturated carbocycles. The summed E-state index contributed by atoms with van der Waals surface area (Å²) in [6.45, 7) is 8.54. The first-order chi connectivity index (χ1) is 9.77. The van der Waals surface area contributed by atoms with Gasteiger partial charge in [0.15, 0.2) is 0 Å². The Kier molecular flexibility index (Phi) is 6.80. The van der Waals surface area contributed by atoms with Crippen molar-refractivity contribution in [2.24, 2.45) is 0 Å². The first-order valence-electron chi connectivity index (χ1n) is 7.07. The molecule has 0 unspecified atom stereocenters. The van der Waals surface area contributed by atoms with Crippen LogP contribution in [0.3, 0.4) is 0 Å². The van der Waals surface area contributed by atoms with Gasteiger partial charge in [0.2, 0.25) is 10.0 Å². The molecule has 0 saturated heterocycles. The topological polar surface area (TPSA) is 67.4 Å². The van der Waals surface area contributed by atoms with Gasteiger partial charge in [0, 0.05) is 26.7 Å². The third-order valence-corrected chi connectivity index (χ3v) is 4.58. The Morgan fingerprint density at radius 1 is 1.05 bits per heavy atom. The maximum absolute atomic E-state index is 12.1. The lowest BCUT2D eigenvalue weighted by molar-refractivity contribution is 0.199. The number of sulfonamides is 1. The summed E-state index contributed by atoms with van der Waals surface area (Å²) in [6, 6.07) is 7.04. The van der Waals surface area contributed by atoms with Crippen LogP contribution in [0.5, 0.6) is 0 Å². The van der Waals surface area contributed by atoms with Crippen molar-refractivity contribution in [1.82, 2.24) is 10.0 Å². The molecule has 1 aromatic carbocycles. The smallest absolute Gasteiger partial charge is 0.240 e. The van der Waals surface area contributed by atoms with Gasteiger partial charge in [-0.1, -0.05) is 32.9 Å². The fourth-order valence-corrected chi connectivity index (χ4v) is 2.82. The van der Waals surface area contributed by atoms with E-state index in [1.807, 2.05) is 12.1 Å². The van der Waals surface area contributed by atoms with Crippen LogP contribution in [0.2, 0.25) is 0 Å². The number of rotatable bonds is 8. The molecular formula is C15H26N2O3S.